The van der Waals surface area contributed by atoms with Crippen LogP contribution < -0.4 is 12.4 Å². The van der Waals surface area contributed by atoms with Crippen LogP contribution in [0.25, 0.3) is 0 Å². The first-order valence-electron chi connectivity index (χ1n) is 13.6. The van der Waals surface area contributed by atoms with Gasteiger partial charge in [0.15, 0.2) is 0 Å². The van der Waals surface area contributed by atoms with E-state index in [4.69, 9.17) is 11.6 Å². The molecule has 0 unspecified atom stereocenters. The van der Waals surface area contributed by atoms with Crippen LogP contribution in [0.3, 0.4) is 0 Å². The van der Waals surface area contributed by atoms with Crippen molar-refractivity contribution in [2.24, 2.45) is 0 Å². The number of halogens is 2. The van der Waals surface area contributed by atoms with Crippen LogP contribution in [-0.2, 0) is 0 Å². The second kappa shape index (κ2) is 25.8. The number of hydrogen-bond acceptors (Lipinski definition) is 0. The summed E-state index contributed by atoms with van der Waals surface area (Å²) in [4.78, 5) is 0. The molecule has 30 heavy (non-hydrogen) atoms. The fraction of sp³-hybridized carbons (Fsp3) is 1.00. The standard InChI is InChI=1S/C27H57ClN.ClH/c1-4-6-8-10-12-14-16-18-21-25-29(3,27-23-20-24-28)26-22-19-17-15-13-11-9-7-5-2;/h4-27H2,1-3H3;1H/q+1;/p-1. The zero-order valence-corrected chi connectivity index (χ0v) is 22.7. The van der Waals surface area contributed by atoms with Gasteiger partial charge >= 0.3 is 0 Å². The van der Waals surface area contributed by atoms with E-state index in [1.165, 1.54) is 153 Å². The predicted octanol–water partition coefficient (Wildman–Crippen LogP) is 6.52. The molecule has 184 valence electrons. The van der Waals surface area contributed by atoms with Gasteiger partial charge in [-0.3, -0.25) is 0 Å². The molecule has 0 spiro atoms. The third kappa shape index (κ3) is 23.2. The summed E-state index contributed by atoms with van der Waals surface area (Å²) in [6.45, 7) is 8.71. The fourth-order valence-electron chi connectivity index (χ4n) is 4.53. The van der Waals surface area contributed by atoms with Crippen molar-refractivity contribution in [2.75, 3.05) is 32.6 Å². The molecular formula is C27H57Cl2N. The topological polar surface area (TPSA) is 0 Å². The molecule has 0 rings (SSSR count). The molecule has 3 heteroatoms. The average molecular weight is 467 g/mol. The maximum atomic E-state index is 5.94. The molecule has 0 aliphatic carbocycles. The first kappa shape index (κ1) is 32.7. The van der Waals surface area contributed by atoms with Crippen molar-refractivity contribution < 1.29 is 16.9 Å². The Bertz CT molecular complexity index is 287. The summed E-state index contributed by atoms with van der Waals surface area (Å²) < 4.78 is 1.30. The Hall–Kier alpha value is 0.540. The first-order chi connectivity index (χ1) is 14.2. The van der Waals surface area contributed by atoms with Gasteiger partial charge in [0.1, 0.15) is 0 Å². The third-order valence-electron chi connectivity index (χ3n) is 6.68. The zero-order valence-electron chi connectivity index (χ0n) is 21.2. The van der Waals surface area contributed by atoms with Crippen molar-refractivity contribution in [1.29, 1.82) is 0 Å². The van der Waals surface area contributed by atoms with Crippen LogP contribution in [0.4, 0.5) is 0 Å². The van der Waals surface area contributed by atoms with Crippen molar-refractivity contribution in [2.45, 2.75) is 142 Å². The molecule has 0 aromatic heterocycles. The number of alkyl halides is 1. The molecule has 0 bridgehead atoms. The summed E-state index contributed by atoms with van der Waals surface area (Å²) in [6.07, 6.45) is 28.3. The minimum Gasteiger partial charge on any atom is -1.00 e. The van der Waals surface area contributed by atoms with Gasteiger partial charge in [-0.05, 0) is 38.5 Å². The molecular weight excluding hydrogens is 409 g/mol. The SMILES string of the molecule is CCCCCCCCCCC[N+](C)(CCCCCl)CCCCCCCCCCC.[Cl-]. The average Bonchev–Trinajstić information content (AvgIpc) is 2.72. The van der Waals surface area contributed by atoms with E-state index in [2.05, 4.69) is 20.9 Å². The van der Waals surface area contributed by atoms with E-state index in [0.29, 0.717) is 0 Å². The highest BCUT2D eigenvalue weighted by atomic mass is 35.5. The Morgan fingerprint density at radius 1 is 0.433 bits per heavy atom. The smallest absolute Gasteiger partial charge is 0.0784 e. The van der Waals surface area contributed by atoms with Gasteiger partial charge in [-0.1, -0.05) is 104 Å². The van der Waals surface area contributed by atoms with Gasteiger partial charge in [0.05, 0.1) is 26.7 Å². The van der Waals surface area contributed by atoms with E-state index in [1.54, 1.807) is 0 Å². The van der Waals surface area contributed by atoms with Crippen molar-refractivity contribution in [3.05, 3.63) is 0 Å². The molecule has 0 atom stereocenters. The van der Waals surface area contributed by atoms with Crippen LogP contribution in [0.1, 0.15) is 142 Å². The normalized spacial score (nSPS) is 11.6. The second-order valence-electron chi connectivity index (χ2n) is 9.84. The van der Waals surface area contributed by atoms with Gasteiger partial charge in [-0.2, -0.15) is 0 Å². The van der Waals surface area contributed by atoms with Crippen molar-refractivity contribution in [1.82, 2.24) is 0 Å². The van der Waals surface area contributed by atoms with E-state index < -0.39 is 0 Å². The predicted molar refractivity (Wildman–Crippen MR) is 135 cm³/mol. The summed E-state index contributed by atoms with van der Waals surface area (Å²) in [7, 11) is 2.52. The van der Waals surface area contributed by atoms with Crippen LogP contribution in [0.2, 0.25) is 0 Å². The monoisotopic (exact) mass is 465 g/mol. The summed E-state index contributed by atoms with van der Waals surface area (Å²) in [5, 5.41) is 0. The van der Waals surface area contributed by atoms with Crippen LogP contribution in [0.15, 0.2) is 0 Å². The number of nitrogens with zero attached hydrogens (tertiary/aromatic N) is 1. The quantitative estimate of drug-likeness (QED) is 0.0863. The highest BCUT2D eigenvalue weighted by Crippen LogP contribution is 2.16. The molecule has 1 nitrogen and oxygen atoms in total. The molecule has 0 radical (unpaired) electrons. The second-order valence-corrected chi connectivity index (χ2v) is 10.2. The molecule has 0 saturated carbocycles. The van der Waals surface area contributed by atoms with Gasteiger partial charge in [0.25, 0.3) is 0 Å². The fourth-order valence-corrected chi connectivity index (χ4v) is 4.72. The number of unbranched alkanes of at least 4 members (excludes halogenated alkanes) is 17. The van der Waals surface area contributed by atoms with Gasteiger partial charge in [0, 0.05) is 5.88 Å². The minimum absolute atomic E-state index is 0. The molecule has 0 saturated heterocycles. The Morgan fingerprint density at radius 3 is 1.00 bits per heavy atom. The van der Waals surface area contributed by atoms with Crippen molar-refractivity contribution >= 4 is 11.6 Å². The molecule has 0 amide bonds. The lowest BCUT2D eigenvalue weighted by Crippen LogP contribution is -3.00. The third-order valence-corrected chi connectivity index (χ3v) is 6.95. The van der Waals surface area contributed by atoms with Crippen molar-refractivity contribution in [3.8, 4) is 0 Å². The van der Waals surface area contributed by atoms with Crippen LogP contribution in [0, 0.1) is 0 Å². The Kier molecular flexibility index (Phi) is 28.1. The molecule has 0 N–H and O–H groups in total. The maximum absolute atomic E-state index is 5.94. The summed E-state index contributed by atoms with van der Waals surface area (Å²) >= 11 is 5.94. The number of rotatable bonds is 24. The Labute approximate surface area is 203 Å². The van der Waals surface area contributed by atoms with E-state index in [1.807, 2.05) is 0 Å². The van der Waals surface area contributed by atoms with Gasteiger partial charge in [-0.25, -0.2) is 0 Å². The highest BCUT2D eigenvalue weighted by molar-refractivity contribution is 6.17. The van der Waals surface area contributed by atoms with Crippen LogP contribution in [0.5, 0.6) is 0 Å². The summed E-state index contributed by atoms with van der Waals surface area (Å²) in [6, 6.07) is 0. The lowest BCUT2D eigenvalue weighted by molar-refractivity contribution is -0.910. The van der Waals surface area contributed by atoms with Gasteiger partial charge in [0.2, 0.25) is 0 Å². The van der Waals surface area contributed by atoms with Crippen LogP contribution in [-0.4, -0.2) is 37.0 Å². The van der Waals surface area contributed by atoms with Crippen LogP contribution >= 0.6 is 11.6 Å². The molecule has 0 aromatic carbocycles. The van der Waals surface area contributed by atoms with E-state index >= 15 is 0 Å². The molecule has 0 aliphatic heterocycles. The van der Waals surface area contributed by atoms with E-state index in [-0.39, 0.29) is 12.4 Å². The summed E-state index contributed by atoms with van der Waals surface area (Å²) in [5.74, 6) is 0.829. The molecule has 0 aliphatic rings. The van der Waals surface area contributed by atoms with E-state index in [9.17, 15) is 0 Å². The maximum Gasteiger partial charge on any atom is 0.0784 e. The molecule has 0 fully saturated rings. The molecule has 0 heterocycles. The minimum atomic E-state index is 0. The molecule has 0 aromatic rings. The van der Waals surface area contributed by atoms with Crippen molar-refractivity contribution in [3.63, 3.8) is 0 Å². The highest BCUT2D eigenvalue weighted by Gasteiger charge is 2.20. The first-order valence-corrected chi connectivity index (χ1v) is 14.1. The number of hydrogen-bond donors (Lipinski definition) is 0. The largest absolute Gasteiger partial charge is 1.00 e. The Balaban J connectivity index is 0. The number of quaternary nitrogens is 1. The van der Waals surface area contributed by atoms with Gasteiger partial charge < -0.3 is 16.9 Å². The summed E-state index contributed by atoms with van der Waals surface area (Å²) in [5.41, 5.74) is 0. The lowest BCUT2D eigenvalue weighted by atomic mass is 10.1. The van der Waals surface area contributed by atoms with Gasteiger partial charge in [-0.15, -0.1) is 11.6 Å². The lowest BCUT2D eigenvalue weighted by Gasteiger charge is -2.35. The zero-order chi connectivity index (χ0) is 21.5. The van der Waals surface area contributed by atoms with E-state index in [0.717, 1.165) is 5.88 Å². The Morgan fingerprint density at radius 2 is 0.700 bits per heavy atom.